The standard InChI is InChI=1S/C21H25N5O2/c1-3-4-13-28-19-7-5-17(6-8-19)24-21(27)23-15-18-14-20(25-26(18)2)16-9-11-22-12-10-16/h5-12,14H,3-4,13,15H2,1-2H3,(H2,23,24,27). The predicted molar refractivity (Wildman–Crippen MR) is 109 cm³/mol. The highest BCUT2D eigenvalue weighted by Gasteiger charge is 2.09. The third-order valence-corrected chi connectivity index (χ3v) is 4.26. The largest absolute Gasteiger partial charge is 0.494 e. The SMILES string of the molecule is CCCCOc1ccc(NC(=O)NCc2cc(-c3ccncc3)nn2C)cc1. The Morgan fingerprint density at radius 3 is 2.61 bits per heavy atom. The predicted octanol–water partition coefficient (Wildman–Crippen LogP) is 3.98. The Bertz CT molecular complexity index is 891. The topological polar surface area (TPSA) is 81.1 Å². The summed E-state index contributed by atoms with van der Waals surface area (Å²) in [5.74, 6) is 0.804. The molecule has 2 N–H and O–H groups in total. The van der Waals surface area contributed by atoms with E-state index in [4.69, 9.17) is 4.74 Å². The summed E-state index contributed by atoms with van der Waals surface area (Å²) in [7, 11) is 1.86. The molecule has 3 rings (SSSR count). The molecule has 0 saturated heterocycles. The number of carbonyl (C=O) groups is 1. The maximum Gasteiger partial charge on any atom is 0.319 e. The van der Waals surface area contributed by atoms with Crippen molar-refractivity contribution < 1.29 is 9.53 Å². The molecule has 0 aliphatic rings. The number of benzene rings is 1. The van der Waals surface area contributed by atoms with Gasteiger partial charge in [0.2, 0.25) is 0 Å². The third-order valence-electron chi connectivity index (χ3n) is 4.26. The number of nitrogens with one attached hydrogen (secondary N) is 2. The molecule has 146 valence electrons. The van der Waals surface area contributed by atoms with Crippen LogP contribution in [0.4, 0.5) is 10.5 Å². The molecule has 0 radical (unpaired) electrons. The Balaban J connectivity index is 1.51. The number of amides is 2. The number of aryl methyl sites for hydroxylation is 1. The van der Waals surface area contributed by atoms with Gasteiger partial charge in [-0.15, -0.1) is 0 Å². The van der Waals surface area contributed by atoms with Gasteiger partial charge >= 0.3 is 6.03 Å². The number of rotatable bonds is 8. The zero-order valence-electron chi connectivity index (χ0n) is 16.2. The number of aromatic nitrogens is 3. The summed E-state index contributed by atoms with van der Waals surface area (Å²) < 4.78 is 7.38. The first-order valence-corrected chi connectivity index (χ1v) is 9.36. The lowest BCUT2D eigenvalue weighted by Crippen LogP contribution is -2.28. The smallest absolute Gasteiger partial charge is 0.319 e. The van der Waals surface area contributed by atoms with E-state index in [2.05, 4.69) is 27.6 Å². The second-order valence-electron chi connectivity index (χ2n) is 6.41. The van der Waals surface area contributed by atoms with Crippen molar-refractivity contribution >= 4 is 11.7 Å². The van der Waals surface area contributed by atoms with Crippen molar-refractivity contribution in [3.8, 4) is 17.0 Å². The summed E-state index contributed by atoms with van der Waals surface area (Å²) in [5, 5.41) is 10.2. The molecule has 0 unspecified atom stereocenters. The van der Waals surface area contributed by atoms with Gasteiger partial charge in [-0.1, -0.05) is 13.3 Å². The van der Waals surface area contributed by atoms with E-state index in [0.717, 1.165) is 35.5 Å². The number of ether oxygens (including phenoxy) is 1. The first-order valence-electron chi connectivity index (χ1n) is 9.36. The number of anilines is 1. The van der Waals surface area contributed by atoms with Crippen LogP contribution in [0, 0.1) is 0 Å². The lowest BCUT2D eigenvalue weighted by atomic mass is 10.2. The van der Waals surface area contributed by atoms with Crippen molar-refractivity contribution in [3.05, 3.63) is 60.6 Å². The molecular formula is C21H25N5O2. The molecule has 2 aromatic heterocycles. The van der Waals surface area contributed by atoms with Crippen LogP contribution in [0.3, 0.4) is 0 Å². The van der Waals surface area contributed by atoms with Crippen molar-refractivity contribution in [1.29, 1.82) is 0 Å². The van der Waals surface area contributed by atoms with Gasteiger partial charge in [0.1, 0.15) is 5.75 Å². The average Bonchev–Trinajstić information content (AvgIpc) is 3.09. The molecule has 0 aliphatic heterocycles. The number of urea groups is 1. The number of nitrogens with zero attached hydrogens (tertiary/aromatic N) is 3. The minimum Gasteiger partial charge on any atom is -0.494 e. The summed E-state index contributed by atoms with van der Waals surface area (Å²) in [4.78, 5) is 16.2. The first kappa shape index (κ1) is 19.4. The lowest BCUT2D eigenvalue weighted by Gasteiger charge is -2.09. The van der Waals surface area contributed by atoms with Gasteiger partial charge in [-0.05, 0) is 48.9 Å². The molecule has 0 spiro atoms. The summed E-state index contributed by atoms with van der Waals surface area (Å²) >= 11 is 0. The highest BCUT2D eigenvalue weighted by Crippen LogP contribution is 2.18. The number of hydrogen-bond donors (Lipinski definition) is 2. The van der Waals surface area contributed by atoms with Gasteiger partial charge in [-0.25, -0.2) is 4.79 Å². The molecule has 0 saturated carbocycles. The van der Waals surface area contributed by atoms with E-state index in [1.54, 1.807) is 17.1 Å². The van der Waals surface area contributed by atoms with Crippen molar-refractivity contribution in [1.82, 2.24) is 20.1 Å². The van der Waals surface area contributed by atoms with E-state index >= 15 is 0 Å². The third kappa shape index (κ3) is 5.33. The van der Waals surface area contributed by atoms with Crippen LogP contribution in [0.15, 0.2) is 54.9 Å². The van der Waals surface area contributed by atoms with Crippen LogP contribution in [0.2, 0.25) is 0 Å². The second-order valence-corrected chi connectivity index (χ2v) is 6.41. The van der Waals surface area contributed by atoms with E-state index in [1.165, 1.54) is 0 Å². The van der Waals surface area contributed by atoms with Gasteiger partial charge in [0.05, 0.1) is 24.5 Å². The fraction of sp³-hybridized carbons (Fsp3) is 0.286. The minimum absolute atomic E-state index is 0.272. The molecule has 7 nitrogen and oxygen atoms in total. The minimum atomic E-state index is -0.272. The summed E-state index contributed by atoms with van der Waals surface area (Å²) in [5.41, 5.74) is 3.45. The molecule has 0 fully saturated rings. The van der Waals surface area contributed by atoms with E-state index in [9.17, 15) is 4.79 Å². The first-order chi connectivity index (χ1) is 13.7. The fourth-order valence-electron chi connectivity index (χ4n) is 2.65. The van der Waals surface area contributed by atoms with Crippen molar-refractivity contribution in [2.75, 3.05) is 11.9 Å². The Kier molecular flexibility index (Phi) is 6.62. The molecule has 0 atom stereocenters. The van der Waals surface area contributed by atoms with Gasteiger partial charge in [0.25, 0.3) is 0 Å². The molecule has 0 bridgehead atoms. The summed E-state index contributed by atoms with van der Waals surface area (Å²) in [6, 6.07) is 12.9. The Morgan fingerprint density at radius 1 is 1.14 bits per heavy atom. The summed E-state index contributed by atoms with van der Waals surface area (Å²) in [6.45, 7) is 3.20. The summed E-state index contributed by atoms with van der Waals surface area (Å²) in [6.07, 6.45) is 5.59. The van der Waals surface area contributed by atoms with Crippen LogP contribution in [0.1, 0.15) is 25.5 Å². The van der Waals surface area contributed by atoms with Crippen molar-refractivity contribution in [2.24, 2.45) is 7.05 Å². The monoisotopic (exact) mass is 379 g/mol. The van der Waals surface area contributed by atoms with Crippen LogP contribution in [-0.4, -0.2) is 27.4 Å². The Labute approximate surface area is 164 Å². The maximum absolute atomic E-state index is 12.2. The average molecular weight is 379 g/mol. The van der Waals surface area contributed by atoms with Crippen LogP contribution < -0.4 is 15.4 Å². The van der Waals surface area contributed by atoms with Crippen LogP contribution in [0.25, 0.3) is 11.3 Å². The number of pyridine rings is 1. The van der Waals surface area contributed by atoms with E-state index in [-0.39, 0.29) is 6.03 Å². The van der Waals surface area contributed by atoms with Gasteiger partial charge < -0.3 is 15.4 Å². The van der Waals surface area contributed by atoms with Gasteiger partial charge in [0.15, 0.2) is 0 Å². The molecule has 7 heteroatoms. The number of unbranched alkanes of at least 4 members (excludes halogenated alkanes) is 1. The number of hydrogen-bond acceptors (Lipinski definition) is 4. The van der Waals surface area contributed by atoms with Crippen LogP contribution in [0.5, 0.6) is 5.75 Å². The zero-order chi connectivity index (χ0) is 19.8. The molecule has 28 heavy (non-hydrogen) atoms. The van der Waals surface area contributed by atoms with Crippen molar-refractivity contribution in [3.63, 3.8) is 0 Å². The van der Waals surface area contributed by atoms with Gasteiger partial charge in [-0.2, -0.15) is 5.10 Å². The molecule has 2 amide bonds. The molecule has 1 aromatic carbocycles. The maximum atomic E-state index is 12.2. The van der Waals surface area contributed by atoms with Crippen LogP contribution >= 0.6 is 0 Å². The van der Waals surface area contributed by atoms with Crippen molar-refractivity contribution in [2.45, 2.75) is 26.3 Å². The molecular weight excluding hydrogens is 354 g/mol. The highest BCUT2D eigenvalue weighted by molar-refractivity contribution is 5.89. The molecule has 3 aromatic rings. The zero-order valence-corrected chi connectivity index (χ0v) is 16.2. The van der Waals surface area contributed by atoms with E-state index in [1.807, 2.05) is 49.5 Å². The Morgan fingerprint density at radius 2 is 1.89 bits per heavy atom. The number of carbonyl (C=O) groups excluding carboxylic acids is 1. The van der Waals surface area contributed by atoms with Crippen LogP contribution in [-0.2, 0) is 13.6 Å². The van der Waals surface area contributed by atoms with E-state index in [0.29, 0.717) is 18.8 Å². The normalized spacial score (nSPS) is 10.5. The lowest BCUT2D eigenvalue weighted by molar-refractivity contribution is 0.251. The highest BCUT2D eigenvalue weighted by atomic mass is 16.5. The fourth-order valence-corrected chi connectivity index (χ4v) is 2.65. The van der Waals surface area contributed by atoms with Gasteiger partial charge in [-0.3, -0.25) is 9.67 Å². The second kappa shape index (κ2) is 9.55. The van der Waals surface area contributed by atoms with Gasteiger partial charge in [0, 0.05) is 30.7 Å². The molecule has 0 aliphatic carbocycles. The van der Waals surface area contributed by atoms with E-state index < -0.39 is 0 Å². The molecule has 2 heterocycles. The quantitative estimate of drug-likeness (QED) is 0.580. The Hall–Kier alpha value is -3.35.